The summed E-state index contributed by atoms with van der Waals surface area (Å²) in [4.78, 5) is 25.5. The molecule has 1 amide bonds. The van der Waals surface area contributed by atoms with E-state index in [4.69, 9.17) is 23.2 Å². The van der Waals surface area contributed by atoms with Crippen molar-refractivity contribution in [1.29, 1.82) is 0 Å². The zero-order valence-electron chi connectivity index (χ0n) is 12.7. The molecule has 3 nitrogen and oxygen atoms in total. The molecule has 118 valence electrons. The third-order valence-electron chi connectivity index (χ3n) is 5.08. The van der Waals surface area contributed by atoms with Gasteiger partial charge >= 0.3 is 0 Å². The van der Waals surface area contributed by atoms with Gasteiger partial charge in [-0.25, -0.2) is 0 Å². The zero-order valence-corrected chi connectivity index (χ0v) is 14.2. The number of amides is 1. The average molecular weight is 340 g/mol. The lowest BCUT2D eigenvalue weighted by Gasteiger charge is -2.34. The number of ketones is 1. The van der Waals surface area contributed by atoms with Crippen molar-refractivity contribution in [3.63, 3.8) is 0 Å². The van der Waals surface area contributed by atoms with Gasteiger partial charge in [0.15, 0.2) is 5.78 Å². The summed E-state index contributed by atoms with van der Waals surface area (Å²) < 4.78 is 0. The van der Waals surface area contributed by atoms with Gasteiger partial charge in [-0.15, -0.1) is 0 Å². The van der Waals surface area contributed by atoms with E-state index in [1.165, 1.54) is 0 Å². The maximum atomic E-state index is 13.0. The van der Waals surface area contributed by atoms with Gasteiger partial charge in [-0.3, -0.25) is 9.59 Å². The fourth-order valence-corrected chi connectivity index (χ4v) is 4.44. The van der Waals surface area contributed by atoms with E-state index in [0.717, 1.165) is 31.2 Å². The predicted molar refractivity (Wildman–Crippen MR) is 87.5 cm³/mol. The van der Waals surface area contributed by atoms with Crippen LogP contribution in [0.2, 0.25) is 10.0 Å². The van der Waals surface area contributed by atoms with Crippen molar-refractivity contribution in [2.24, 2.45) is 5.92 Å². The van der Waals surface area contributed by atoms with Crippen LogP contribution >= 0.6 is 23.2 Å². The van der Waals surface area contributed by atoms with Gasteiger partial charge in [0.25, 0.3) is 0 Å². The normalized spacial score (nSPS) is 31.6. The number of halogens is 2. The summed E-state index contributed by atoms with van der Waals surface area (Å²) in [5, 5.41) is 3.88. The van der Waals surface area contributed by atoms with E-state index in [1.54, 1.807) is 12.1 Å². The molecule has 1 spiro atoms. The number of aryl methyl sites for hydroxylation is 1. The highest BCUT2D eigenvalue weighted by Crippen LogP contribution is 2.43. The SMILES string of the molecule is Cc1cc(Cl)cc(Cl)c1C1C(=O)NC2(CCC(C)CC2)C1=O. The topological polar surface area (TPSA) is 46.2 Å². The molecule has 1 aliphatic heterocycles. The Morgan fingerprint density at radius 3 is 2.41 bits per heavy atom. The van der Waals surface area contributed by atoms with Crippen molar-refractivity contribution < 1.29 is 9.59 Å². The van der Waals surface area contributed by atoms with Crippen LogP contribution in [0.15, 0.2) is 12.1 Å². The molecule has 1 N–H and O–H groups in total. The third kappa shape index (κ3) is 2.44. The second kappa shape index (κ2) is 5.54. The van der Waals surface area contributed by atoms with Crippen molar-refractivity contribution in [2.45, 2.75) is 51.0 Å². The fourth-order valence-electron chi connectivity index (χ4n) is 3.73. The summed E-state index contributed by atoms with van der Waals surface area (Å²) in [7, 11) is 0. The molecule has 0 aromatic heterocycles. The van der Waals surface area contributed by atoms with E-state index in [2.05, 4.69) is 12.2 Å². The van der Waals surface area contributed by atoms with E-state index in [-0.39, 0.29) is 11.7 Å². The van der Waals surface area contributed by atoms with E-state index in [1.807, 2.05) is 6.92 Å². The maximum absolute atomic E-state index is 13.0. The van der Waals surface area contributed by atoms with E-state index in [9.17, 15) is 9.59 Å². The molecule has 2 aliphatic rings. The van der Waals surface area contributed by atoms with Crippen LogP contribution in [0.3, 0.4) is 0 Å². The number of nitrogens with one attached hydrogen (secondary N) is 1. The fraction of sp³-hybridized carbons (Fsp3) is 0.529. The van der Waals surface area contributed by atoms with Gasteiger partial charge in [0.05, 0.1) is 5.54 Å². The Hall–Kier alpha value is -1.06. The van der Waals surface area contributed by atoms with Crippen LogP contribution in [0.25, 0.3) is 0 Å². The minimum Gasteiger partial charge on any atom is -0.343 e. The second-order valence-electron chi connectivity index (χ2n) is 6.67. The van der Waals surface area contributed by atoms with Gasteiger partial charge in [-0.05, 0) is 61.8 Å². The molecule has 3 rings (SSSR count). The molecule has 0 bridgehead atoms. The summed E-state index contributed by atoms with van der Waals surface area (Å²) in [6.07, 6.45) is 3.37. The molecule has 1 aliphatic carbocycles. The molecule has 1 atom stereocenters. The first-order valence-corrected chi connectivity index (χ1v) is 8.41. The van der Waals surface area contributed by atoms with Crippen LogP contribution in [0, 0.1) is 12.8 Å². The Labute approximate surface area is 140 Å². The second-order valence-corrected chi connectivity index (χ2v) is 7.51. The molecule has 1 saturated heterocycles. The Morgan fingerprint density at radius 2 is 1.82 bits per heavy atom. The summed E-state index contributed by atoms with van der Waals surface area (Å²) >= 11 is 12.3. The smallest absolute Gasteiger partial charge is 0.236 e. The van der Waals surface area contributed by atoms with Crippen LogP contribution in [0.1, 0.15) is 49.7 Å². The highest BCUT2D eigenvalue weighted by Gasteiger charge is 2.54. The van der Waals surface area contributed by atoms with Gasteiger partial charge in [-0.1, -0.05) is 30.1 Å². The Kier molecular flexibility index (Phi) is 3.98. The highest BCUT2D eigenvalue weighted by molar-refractivity contribution is 6.36. The summed E-state index contributed by atoms with van der Waals surface area (Å²) in [6, 6.07) is 3.34. The van der Waals surface area contributed by atoms with Crippen LogP contribution in [0.4, 0.5) is 0 Å². The molecule has 5 heteroatoms. The van der Waals surface area contributed by atoms with Gasteiger partial charge in [-0.2, -0.15) is 0 Å². The molecule has 1 saturated carbocycles. The van der Waals surface area contributed by atoms with Crippen molar-refractivity contribution in [1.82, 2.24) is 5.32 Å². The Morgan fingerprint density at radius 1 is 1.18 bits per heavy atom. The molecule has 1 aromatic rings. The van der Waals surface area contributed by atoms with Gasteiger partial charge in [0.2, 0.25) is 5.91 Å². The van der Waals surface area contributed by atoms with Crippen molar-refractivity contribution in [3.05, 3.63) is 33.3 Å². The molecule has 22 heavy (non-hydrogen) atoms. The van der Waals surface area contributed by atoms with Crippen LogP contribution < -0.4 is 5.32 Å². The molecule has 2 fully saturated rings. The number of rotatable bonds is 1. The first kappa shape index (κ1) is 15.8. The minimum atomic E-state index is -0.807. The van der Waals surface area contributed by atoms with Crippen LogP contribution in [-0.2, 0) is 9.59 Å². The zero-order chi connectivity index (χ0) is 16.1. The lowest BCUT2D eigenvalue weighted by Crippen LogP contribution is -2.49. The molecule has 0 radical (unpaired) electrons. The standard InChI is InChI=1S/C17H19Cl2NO2/c1-9-3-5-17(6-4-9)15(21)14(16(22)20-17)13-10(2)7-11(18)8-12(13)19/h7-9,14H,3-6H2,1-2H3,(H,20,22). The maximum Gasteiger partial charge on any atom is 0.236 e. The van der Waals surface area contributed by atoms with Crippen LogP contribution in [-0.4, -0.2) is 17.2 Å². The molecular formula is C17H19Cl2NO2. The summed E-state index contributed by atoms with van der Waals surface area (Å²) in [6.45, 7) is 4.02. The third-order valence-corrected chi connectivity index (χ3v) is 5.61. The number of carbonyl (C=O) groups is 2. The van der Waals surface area contributed by atoms with Crippen LogP contribution in [0.5, 0.6) is 0 Å². The monoisotopic (exact) mass is 339 g/mol. The molecule has 1 unspecified atom stereocenters. The van der Waals surface area contributed by atoms with Gasteiger partial charge < -0.3 is 5.32 Å². The van der Waals surface area contributed by atoms with Crippen molar-refractivity contribution in [2.75, 3.05) is 0 Å². The number of Topliss-reactive ketones (excluding diaryl/α,β-unsaturated/α-hetero) is 1. The molecule has 1 aromatic carbocycles. The summed E-state index contributed by atoms with van der Waals surface area (Å²) in [5.74, 6) is -0.461. The highest BCUT2D eigenvalue weighted by atomic mass is 35.5. The van der Waals surface area contributed by atoms with Crippen molar-refractivity contribution >= 4 is 34.9 Å². The first-order chi connectivity index (χ1) is 10.3. The largest absolute Gasteiger partial charge is 0.343 e. The molecule has 1 heterocycles. The number of benzene rings is 1. The first-order valence-electron chi connectivity index (χ1n) is 7.66. The van der Waals surface area contributed by atoms with E-state index < -0.39 is 11.5 Å². The average Bonchev–Trinajstić information content (AvgIpc) is 2.66. The number of hydrogen-bond donors (Lipinski definition) is 1. The Balaban J connectivity index is 2.00. The van der Waals surface area contributed by atoms with Gasteiger partial charge in [0, 0.05) is 10.0 Å². The Bertz CT molecular complexity index is 625. The van der Waals surface area contributed by atoms with Gasteiger partial charge in [0.1, 0.15) is 5.92 Å². The quantitative estimate of drug-likeness (QED) is 0.785. The minimum absolute atomic E-state index is 0.0308. The number of carbonyl (C=O) groups excluding carboxylic acids is 2. The predicted octanol–water partition coefficient (Wildman–Crippen LogP) is 4.03. The lowest BCUT2D eigenvalue weighted by molar-refractivity contribution is -0.126. The van der Waals surface area contributed by atoms with E-state index >= 15 is 0 Å². The summed E-state index contributed by atoms with van der Waals surface area (Å²) in [5.41, 5.74) is 0.695. The lowest BCUT2D eigenvalue weighted by atomic mass is 9.73. The van der Waals surface area contributed by atoms with E-state index in [0.29, 0.717) is 21.5 Å². The molecular weight excluding hydrogens is 321 g/mol. The number of hydrogen-bond acceptors (Lipinski definition) is 2. The van der Waals surface area contributed by atoms with Crippen molar-refractivity contribution in [3.8, 4) is 0 Å².